The van der Waals surface area contributed by atoms with Crippen molar-refractivity contribution in [3.63, 3.8) is 0 Å². The molecule has 2 heterocycles. The highest BCUT2D eigenvalue weighted by Gasteiger charge is 2.16. The Bertz CT molecular complexity index is 665. The second-order valence-corrected chi connectivity index (χ2v) is 7.54. The van der Waals surface area contributed by atoms with Crippen LogP contribution < -0.4 is 10.9 Å². The first-order chi connectivity index (χ1) is 9.77. The molecule has 0 fully saturated rings. The Hall–Kier alpha value is -1.62. The van der Waals surface area contributed by atoms with E-state index in [1.165, 1.54) is 11.3 Å². The van der Waals surface area contributed by atoms with E-state index < -0.39 is 0 Å². The number of H-pyrrole nitrogens is 1. The molecule has 114 valence electrons. The van der Waals surface area contributed by atoms with Crippen molar-refractivity contribution >= 4 is 16.5 Å². The van der Waals surface area contributed by atoms with Crippen molar-refractivity contribution < 1.29 is 0 Å². The normalized spacial score (nSPS) is 11.9. The van der Waals surface area contributed by atoms with Gasteiger partial charge in [-0.3, -0.25) is 4.79 Å². The predicted octanol–water partition coefficient (Wildman–Crippen LogP) is 3.86. The highest BCUT2D eigenvalue weighted by molar-refractivity contribution is 7.14. The molecule has 0 aliphatic heterocycles. The third-order valence-corrected chi connectivity index (χ3v) is 3.96. The van der Waals surface area contributed by atoms with Crippen molar-refractivity contribution in [2.24, 2.45) is 5.92 Å². The summed E-state index contributed by atoms with van der Waals surface area (Å²) in [7, 11) is 0. The van der Waals surface area contributed by atoms with Gasteiger partial charge in [0.2, 0.25) is 0 Å². The van der Waals surface area contributed by atoms with Crippen LogP contribution in [0.3, 0.4) is 0 Å². The van der Waals surface area contributed by atoms with Crippen molar-refractivity contribution in [3.8, 4) is 11.3 Å². The van der Waals surface area contributed by atoms with Crippen molar-refractivity contribution in [1.29, 1.82) is 0 Å². The average Bonchev–Trinajstić information content (AvgIpc) is 2.83. The lowest BCUT2D eigenvalue weighted by molar-refractivity contribution is 0.567. The quantitative estimate of drug-likeness (QED) is 0.901. The van der Waals surface area contributed by atoms with E-state index in [-0.39, 0.29) is 11.0 Å². The van der Waals surface area contributed by atoms with Crippen LogP contribution in [0.5, 0.6) is 0 Å². The standard InChI is InChI=1S/C16H23N3OS/c1-10(2)8-17-15-18-12(9-21-15)11-6-7-13(16(3,4)5)19-14(11)20/h6-7,9-10H,8H2,1-5H3,(H,17,18)(H,19,20). The van der Waals surface area contributed by atoms with E-state index in [2.05, 4.69) is 49.9 Å². The van der Waals surface area contributed by atoms with Crippen LogP contribution >= 0.6 is 11.3 Å². The van der Waals surface area contributed by atoms with Gasteiger partial charge in [-0.25, -0.2) is 4.98 Å². The van der Waals surface area contributed by atoms with Crippen LogP contribution in [-0.2, 0) is 5.41 Å². The summed E-state index contributed by atoms with van der Waals surface area (Å²) in [6.07, 6.45) is 0. The Kier molecular flexibility index (Phi) is 4.52. The van der Waals surface area contributed by atoms with E-state index in [1.807, 2.05) is 17.5 Å². The predicted molar refractivity (Wildman–Crippen MR) is 90.2 cm³/mol. The number of hydrogen-bond acceptors (Lipinski definition) is 4. The summed E-state index contributed by atoms with van der Waals surface area (Å²) in [5.74, 6) is 0.562. The van der Waals surface area contributed by atoms with E-state index in [4.69, 9.17) is 0 Å². The second kappa shape index (κ2) is 6.02. The van der Waals surface area contributed by atoms with E-state index in [1.54, 1.807) is 0 Å². The smallest absolute Gasteiger partial charge is 0.257 e. The lowest BCUT2D eigenvalue weighted by Crippen LogP contribution is -2.20. The fourth-order valence-electron chi connectivity index (χ4n) is 1.88. The van der Waals surface area contributed by atoms with Gasteiger partial charge in [0, 0.05) is 23.0 Å². The second-order valence-electron chi connectivity index (χ2n) is 6.68. The van der Waals surface area contributed by atoms with Gasteiger partial charge in [-0.15, -0.1) is 11.3 Å². The van der Waals surface area contributed by atoms with Gasteiger partial charge in [-0.05, 0) is 18.1 Å². The van der Waals surface area contributed by atoms with Gasteiger partial charge < -0.3 is 10.3 Å². The van der Waals surface area contributed by atoms with Gasteiger partial charge in [0.05, 0.1) is 11.3 Å². The summed E-state index contributed by atoms with van der Waals surface area (Å²) >= 11 is 1.53. The van der Waals surface area contributed by atoms with E-state index in [0.717, 1.165) is 23.1 Å². The zero-order valence-electron chi connectivity index (χ0n) is 13.3. The number of thiazole rings is 1. The van der Waals surface area contributed by atoms with Gasteiger partial charge in [-0.1, -0.05) is 34.6 Å². The summed E-state index contributed by atoms with van der Waals surface area (Å²) in [4.78, 5) is 19.7. The van der Waals surface area contributed by atoms with Gasteiger partial charge in [0.1, 0.15) is 0 Å². The van der Waals surface area contributed by atoms with Crippen molar-refractivity contribution in [3.05, 3.63) is 33.6 Å². The Balaban J connectivity index is 2.25. The number of hydrogen-bond donors (Lipinski definition) is 2. The highest BCUT2D eigenvalue weighted by Crippen LogP contribution is 2.24. The molecule has 5 heteroatoms. The molecule has 0 amide bonds. The summed E-state index contributed by atoms with van der Waals surface area (Å²) in [6, 6.07) is 3.83. The van der Waals surface area contributed by atoms with Crippen LogP contribution in [0.4, 0.5) is 5.13 Å². The molecule has 0 atom stereocenters. The van der Waals surface area contributed by atoms with Crippen LogP contribution in [0.15, 0.2) is 22.3 Å². The maximum Gasteiger partial charge on any atom is 0.257 e. The van der Waals surface area contributed by atoms with Gasteiger partial charge >= 0.3 is 0 Å². The Morgan fingerprint density at radius 2 is 2.05 bits per heavy atom. The molecule has 0 saturated carbocycles. The molecule has 0 aliphatic rings. The van der Waals surface area contributed by atoms with Crippen LogP contribution in [-0.4, -0.2) is 16.5 Å². The van der Waals surface area contributed by atoms with E-state index in [9.17, 15) is 4.79 Å². The topological polar surface area (TPSA) is 57.8 Å². The van der Waals surface area contributed by atoms with Crippen LogP contribution in [0.1, 0.15) is 40.3 Å². The first-order valence-corrected chi connectivity index (χ1v) is 8.09. The molecule has 2 aromatic rings. The number of nitrogens with zero attached hydrogens (tertiary/aromatic N) is 1. The minimum absolute atomic E-state index is 0.0657. The maximum absolute atomic E-state index is 12.3. The Morgan fingerprint density at radius 1 is 1.33 bits per heavy atom. The molecule has 0 saturated heterocycles. The molecule has 0 bridgehead atoms. The summed E-state index contributed by atoms with van der Waals surface area (Å²) in [5, 5.41) is 6.06. The number of aromatic nitrogens is 2. The fraction of sp³-hybridized carbons (Fsp3) is 0.500. The van der Waals surface area contributed by atoms with Crippen molar-refractivity contribution in [1.82, 2.24) is 9.97 Å². The monoisotopic (exact) mass is 305 g/mol. The molecule has 2 rings (SSSR count). The number of rotatable bonds is 4. The van der Waals surface area contributed by atoms with Crippen LogP contribution in [0.2, 0.25) is 0 Å². The maximum atomic E-state index is 12.3. The average molecular weight is 305 g/mol. The molecule has 4 nitrogen and oxygen atoms in total. The lowest BCUT2D eigenvalue weighted by Gasteiger charge is -2.18. The first kappa shape index (κ1) is 15.8. The first-order valence-electron chi connectivity index (χ1n) is 7.21. The lowest BCUT2D eigenvalue weighted by atomic mass is 9.91. The number of anilines is 1. The SMILES string of the molecule is CC(C)CNc1nc(-c2ccc(C(C)(C)C)[nH]c2=O)cs1. The summed E-state index contributed by atoms with van der Waals surface area (Å²) in [5.41, 5.74) is 2.14. The summed E-state index contributed by atoms with van der Waals surface area (Å²) in [6.45, 7) is 11.4. The van der Waals surface area contributed by atoms with Crippen LogP contribution in [0.25, 0.3) is 11.3 Å². The van der Waals surface area contributed by atoms with Crippen LogP contribution in [0, 0.1) is 5.92 Å². The number of pyridine rings is 1. The molecule has 0 spiro atoms. The highest BCUT2D eigenvalue weighted by atomic mass is 32.1. The molecular formula is C16H23N3OS. The molecule has 0 unspecified atom stereocenters. The van der Waals surface area contributed by atoms with E-state index >= 15 is 0 Å². The summed E-state index contributed by atoms with van der Waals surface area (Å²) < 4.78 is 0. The third kappa shape index (κ3) is 3.94. The zero-order chi connectivity index (χ0) is 15.6. The third-order valence-electron chi connectivity index (χ3n) is 3.16. The van der Waals surface area contributed by atoms with Gasteiger partial charge in [-0.2, -0.15) is 0 Å². The Morgan fingerprint density at radius 3 is 2.62 bits per heavy atom. The number of aromatic amines is 1. The molecular weight excluding hydrogens is 282 g/mol. The van der Waals surface area contributed by atoms with Crippen molar-refractivity contribution in [2.75, 3.05) is 11.9 Å². The largest absolute Gasteiger partial charge is 0.361 e. The molecule has 0 aromatic carbocycles. The molecule has 0 aliphatic carbocycles. The van der Waals surface area contributed by atoms with E-state index in [0.29, 0.717) is 11.5 Å². The van der Waals surface area contributed by atoms with Crippen molar-refractivity contribution in [2.45, 2.75) is 40.0 Å². The fourth-order valence-corrected chi connectivity index (χ4v) is 2.60. The van der Waals surface area contributed by atoms with Gasteiger partial charge in [0.25, 0.3) is 5.56 Å². The Labute approximate surface area is 129 Å². The molecule has 2 aromatic heterocycles. The molecule has 0 radical (unpaired) electrons. The number of nitrogens with one attached hydrogen (secondary N) is 2. The molecule has 21 heavy (non-hydrogen) atoms. The minimum atomic E-state index is -0.0804. The molecule has 2 N–H and O–H groups in total. The zero-order valence-corrected chi connectivity index (χ0v) is 14.1. The minimum Gasteiger partial charge on any atom is -0.361 e. The van der Waals surface area contributed by atoms with Gasteiger partial charge in [0.15, 0.2) is 5.13 Å².